The predicted octanol–water partition coefficient (Wildman–Crippen LogP) is 5.09. The standard InChI is InChI=1S/C18H34N/c1-16(2,3)19(17(4,5)6,18(7,8)9)14-15-12-10-11-13-15/h10-12H,13-14H2,1-9H3/q+1. The number of rotatable bonds is 2. The van der Waals surface area contributed by atoms with Crippen LogP contribution in [-0.4, -0.2) is 27.6 Å². The first-order valence-corrected chi connectivity index (χ1v) is 7.56. The molecule has 1 nitrogen and oxygen atoms in total. The van der Waals surface area contributed by atoms with Crippen molar-refractivity contribution >= 4 is 0 Å². The Morgan fingerprint density at radius 2 is 1.26 bits per heavy atom. The van der Waals surface area contributed by atoms with Crippen LogP contribution in [0.3, 0.4) is 0 Å². The van der Waals surface area contributed by atoms with Gasteiger partial charge in [-0.05, 0) is 74.3 Å². The molecule has 0 atom stereocenters. The monoisotopic (exact) mass is 264 g/mol. The molecule has 1 aliphatic carbocycles. The second-order valence-electron chi connectivity index (χ2n) is 8.94. The lowest BCUT2D eigenvalue weighted by molar-refractivity contribution is -1.04. The van der Waals surface area contributed by atoms with E-state index in [9.17, 15) is 0 Å². The molecular weight excluding hydrogens is 230 g/mol. The van der Waals surface area contributed by atoms with Crippen molar-refractivity contribution in [2.75, 3.05) is 6.54 Å². The van der Waals surface area contributed by atoms with Gasteiger partial charge in [-0.1, -0.05) is 18.2 Å². The smallest absolute Gasteiger partial charge is 0.102 e. The zero-order valence-electron chi connectivity index (χ0n) is 14.6. The summed E-state index contributed by atoms with van der Waals surface area (Å²) >= 11 is 0. The highest BCUT2D eigenvalue weighted by atomic mass is 15.5. The normalized spacial score (nSPS) is 17.8. The summed E-state index contributed by atoms with van der Waals surface area (Å²) in [6.07, 6.45) is 7.93. The molecule has 19 heavy (non-hydrogen) atoms. The van der Waals surface area contributed by atoms with Crippen LogP contribution in [0.25, 0.3) is 0 Å². The van der Waals surface area contributed by atoms with E-state index in [0.29, 0.717) is 0 Å². The summed E-state index contributed by atoms with van der Waals surface area (Å²) in [6.45, 7) is 22.7. The summed E-state index contributed by atoms with van der Waals surface area (Å²) in [5.74, 6) is 0. The maximum atomic E-state index is 2.40. The van der Waals surface area contributed by atoms with Gasteiger partial charge in [0.05, 0.1) is 16.6 Å². The van der Waals surface area contributed by atoms with Crippen LogP contribution in [0.1, 0.15) is 68.7 Å². The van der Waals surface area contributed by atoms with E-state index in [-0.39, 0.29) is 16.6 Å². The van der Waals surface area contributed by atoms with E-state index in [2.05, 4.69) is 80.5 Å². The first kappa shape index (κ1) is 16.5. The van der Waals surface area contributed by atoms with E-state index in [1.165, 1.54) is 0 Å². The van der Waals surface area contributed by atoms with Gasteiger partial charge in [-0.15, -0.1) is 0 Å². The Kier molecular flexibility index (Phi) is 4.14. The highest BCUT2D eigenvalue weighted by Gasteiger charge is 2.56. The topological polar surface area (TPSA) is 0 Å². The molecule has 0 amide bonds. The summed E-state index contributed by atoms with van der Waals surface area (Å²) < 4.78 is 1.10. The lowest BCUT2D eigenvalue weighted by Crippen LogP contribution is -2.77. The van der Waals surface area contributed by atoms with Crippen molar-refractivity contribution < 1.29 is 4.48 Å². The minimum atomic E-state index is 0.208. The molecular formula is C18H34N+. The fourth-order valence-corrected chi connectivity index (χ4v) is 4.64. The molecule has 0 N–H and O–H groups in total. The lowest BCUT2D eigenvalue weighted by Gasteiger charge is -2.64. The van der Waals surface area contributed by atoms with Crippen molar-refractivity contribution in [2.45, 2.75) is 85.4 Å². The second kappa shape index (κ2) is 4.77. The van der Waals surface area contributed by atoms with Crippen molar-refractivity contribution in [3.05, 3.63) is 23.8 Å². The van der Waals surface area contributed by atoms with E-state index in [1.807, 2.05) is 0 Å². The van der Waals surface area contributed by atoms with Gasteiger partial charge in [-0.25, -0.2) is 0 Å². The first-order valence-electron chi connectivity index (χ1n) is 7.56. The number of quaternary nitrogens is 1. The average Bonchev–Trinajstić information content (AvgIpc) is 2.59. The fraction of sp³-hybridized carbons (Fsp3) is 0.778. The average molecular weight is 264 g/mol. The summed E-state index contributed by atoms with van der Waals surface area (Å²) in [5.41, 5.74) is 2.19. The molecule has 0 spiro atoms. The van der Waals surface area contributed by atoms with Gasteiger partial charge in [0.2, 0.25) is 0 Å². The Labute approximate surface area is 121 Å². The quantitative estimate of drug-likeness (QED) is 0.610. The second-order valence-corrected chi connectivity index (χ2v) is 8.94. The highest BCUT2D eigenvalue weighted by molar-refractivity contribution is 5.23. The fourth-order valence-electron chi connectivity index (χ4n) is 4.64. The molecule has 0 saturated heterocycles. The van der Waals surface area contributed by atoms with Crippen molar-refractivity contribution in [2.24, 2.45) is 0 Å². The van der Waals surface area contributed by atoms with E-state index in [0.717, 1.165) is 17.4 Å². The number of hydrogen-bond donors (Lipinski definition) is 0. The van der Waals surface area contributed by atoms with Crippen molar-refractivity contribution in [3.8, 4) is 0 Å². The predicted molar refractivity (Wildman–Crippen MR) is 86.2 cm³/mol. The molecule has 0 fully saturated rings. The number of nitrogens with zero attached hydrogens (tertiary/aromatic N) is 1. The van der Waals surface area contributed by atoms with Crippen molar-refractivity contribution in [1.82, 2.24) is 0 Å². The minimum Gasteiger partial charge on any atom is -0.308 e. The third kappa shape index (κ3) is 2.81. The largest absolute Gasteiger partial charge is 0.308 e. The Hall–Kier alpha value is -0.560. The molecule has 1 heteroatoms. The molecule has 0 saturated carbocycles. The molecule has 1 aliphatic rings. The van der Waals surface area contributed by atoms with E-state index < -0.39 is 0 Å². The lowest BCUT2D eigenvalue weighted by atomic mass is 9.81. The first-order chi connectivity index (χ1) is 8.33. The van der Waals surface area contributed by atoms with Crippen molar-refractivity contribution in [3.63, 3.8) is 0 Å². The molecule has 0 unspecified atom stereocenters. The van der Waals surface area contributed by atoms with Crippen molar-refractivity contribution in [1.29, 1.82) is 0 Å². The summed E-state index contributed by atoms with van der Waals surface area (Å²) in [4.78, 5) is 0. The van der Waals surface area contributed by atoms with E-state index in [1.54, 1.807) is 5.57 Å². The Bertz CT molecular complexity index is 341. The zero-order valence-corrected chi connectivity index (χ0v) is 14.6. The molecule has 0 aromatic rings. The zero-order chi connectivity index (χ0) is 15.1. The van der Waals surface area contributed by atoms with Crippen LogP contribution in [0.5, 0.6) is 0 Å². The van der Waals surface area contributed by atoms with Crippen LogP contribution in [0.15, 0.2) is 23.8 Å². The van der Waals surface area contributed by atoms with Gasteiger partial charge in [0.25, 0.3) is 0 Å². The molecule has 0 heterocycles. The maximum Gasteiger partial charge on any atom is 0.102 e. The summed E-state index contributed by atoms with van der Waals surface area (Å²) in [7, 11) is 0. The Morgan fingerprint density at radius 3 is 1.53 bits per heavy atom. The van der Waals surface area contributed by atoms with Crippen LogP contribution in [0, 0.1) is 0 Å². The molecule has 0 aliphatic heterocycles. The van der Waals surface area contributed by atoms with Gasteiger partial charge in [0.15, 0.2) is 0 Å². The molecule has 0 aromatic heterocycles. The van der Waals surface area contributed by atoms with Gasteiger partial charge >= 0.3 is 0 Å². The summed E-state index contributed by atoms with van der Waals surface area (Å²) in [5, 5.41) is 0. The molecule has 1 rings (SSSR count). The Balaban J connectivity index is 3.36. The highest BCUT2D eigenvalue weighted by Crippen LogP contribution is 2.45. The minimum absolute atomic E-state index is 0.208. The molecule has 110 valence electrons. The third-order valence-corrected chi connectivity index (χ3v) is 4.72. The Morgan fingerprint density at radius 1 is 0.842 bits per heavy atom. The van der Waals surface area contributed by atoms with Gasteiger partial charge in [-0.3, -0.25) is 0 Å². The molecule has 0 aromatic carbocycles. The molecule has 0 bridgehead atoms. The van der Waals surface area contributed by atoms with Crippen LogP contribution in [0.2, 0.25) is 0 Å². The van der Waals surface area contributed by atoms with Crippen LogP contribution in [-0.2, 0) is 0 Å². The van der Waals surface area contributed by atoms with E-state index in [4.69, 9.17) is 0 Å². The maximum absolute atomic E-state index is 2.40. The number of hydrogen-bond acceptors (Lipinski definition) is 0. The van der Waals surface area contributed by atoms with Gasteiger partial charge in [0.1, 0.15) is 6.54 Å². The number of allylic oxidation sites excluding steroid dienone is 3. The van der Waals surface area contributed by atoms with E-state index >= 15 is 0 Å². The molecule has 0 radical (unpaired) electrons. The summed E-state index contributed by atoms with van der Waals surface area (Å²) in [6, 6.07) is 0. The van der Waals surface area contributed by atoms with Crippen LogP contribution >= 0.6 is 0 Å². The van der Waals surface area contributed by atoms with Crippen LogP contribution in [0.4, 0.5) is 0 Å². The SMILES string of the molecule is CC(C)(C)[N+](CC1=CC=CC1)(C(C)(C)C)C(C)(C)C. The van der Waals surface area contributed by atoms with Gasteiger partial charge in [-0.2, -0.15) is 0 Å². The van der Waals surface area contributed by atoms with Gasteiger partial charge < -0.3 is 4.48 Å². The van der Waals surface area contributed by atoms with Crippen LogP contribution < -0.4 is 0 Å². The van der Waals surface area contributed by atoms with Gasteiger partial charge in [0, 0.05) is 0 Å². The third-order valence-electron chi connectivity index (χ3n) is 4.72.